The van der Waals surface area contributed by atoms with Crippen molar-refractivity contribution >= 4 is 15.8 Å². The molecule has 0 radical (unpaired) electrons. The predicted octanol–water partition coefficient (Wildman–Crippen LogP) is 1.90. The highest BCUT2D eigenvalue weighted by atomic mass is 32.2. The fraction of sp³-hybridized carbons (Fsp3) is 0.278. The van der Waals surface area contributed by atoms with E-state index >= 15 is 0 Å². The summed E-state index contributed by atoms with van der Waals surface area (Å²) in [5, 5.41) is 3.19. The van der Waals surface area contributed by atoms with Crippen LogP contribution in [0.4, 0.5) is 0 Å². The quantitative estimate of drug-likeness (QED) is 0.861. The molecule has 0 spiro atoms. The van der Waals surface area contributed by atoms with Gasteiger partial charge < -0.3 is 5.32 Å². The zero-order chi connectivity index (χ0) is 17.0. The van der Waals surface area contributed by atoms with Gasteiger partial charge in [0.15, 0.2) is 5.78 Å². The molecule has 5 nitrogen and oxygen atoms in total. The van der Waals surface area contributed by atoms with Gasteiger partial charge in [0.25, 0.3) is 0 Å². The Kier molecular flexibility index (Phi) is 5.08. The first kappa shape index (κ1) is 16.8. The number of rotatable bonds is 4. The van der Waals surface area contributed by atoms with Crippen molar-refractivity contribution in [3.05, 3.63) is 65.7 Å². The van der Waals surface area contributed by atoms with Crippen molar-refractivity contribution in [2.75, 3.05) is 26.2 Å². The van der Waals surface area contributed by atoms with E-state index in [4.69, 9.17) is 0 Å². The Balaban J connectivity index is 2.01. The van der Waals surface area contributed by atoms with Crippen LogP contribution in [0.2, 0.25) is 0 Å². The summed E-state index contributed by atoms with van der Waals surface area (Å²) in [4.78, 5) is 12.9. The van der Waals surface area contributed by atoms with Crippen molar-refractivity contribution in [3.63, 3.8) is 0 Å². The summed E-state index contributed by atoms with van der Waals surface area (Å²) in [5.74, 6) is -0.275. The second-order valence-electron chi connectivity index (χ2n) is 5.70. The number of nitrogens with one attached hydrogen (secondary N) is 1. The minimum Gasteiger partial charge on any atom is -0.315 e. The van der Waals surface area contributed by atoms with Crippen molar-refractivity contribution in [2.24, 2.45) is 0 Å². The normalized spacial score (nSPS) is 16.5. The highest BCUT2D eigenvalue weighted by Gasteiger charge is 2.29. The zero-order valence-corrected chi connectivity index (χ0v) is 14.1. The number of carbonyl (C=O) groups is 1. The number of hydrogen-bond donors (Lipinski definition) is 1. The maximum atomic E-state index is 13.0. The Morgan fingerprint density at radius 3 is 2.42 bits per heavy atom. The van der Waals surface area contributed by atoms with Crippen LogP contribution in [0, 0.1) is 0 Å². The minimum absolute atomic E-state index is 0.0840. The van der Waals surface area contributed by atoms with Gasteiger partial charge in [0.1, 0.15) is 0 Å². The minimum atomic E-state index is -3.70. The SMILES string of the molecule is O=C(c1ccccc1)c1ccccc1S(=O)(=O)N1CCCNCC1. The van der Waals surface area contributed by atoms with Crippen LogP contribution in [-0.2, 0) is 10.0 Å². The van der Waals surface area contributed by atoms with E-state index in [1.165, 1.54) is 10.4 Å². The lowest BCUT2D eigenvalue weighted by atomic mass is 10.0. The number of hydrogen-bond acceptors (Lipinski definition) is 4. The number of ketones is 1. The summed E-state index contributed by atoms with van der Waals surface area (Å²) in [6, 6.07) is 15.2. The summed E-state index contributed by atoms with van der Waals surface area (Å²) >= 11 is 0. The molecule has 3 rings (SSSR count). The molecule has 24 heavy (non-hydrogen) atoms. The molecule has 1 aliphatic heterocycles. The van der Waals surface area contributed by atoms with Gasteiger partial charge in [-0.05, 0) is 25.1 Å². The average Bonchev–Trinajstić information content (AvgIpc) is 2.92. The van der Waals surface area contributed by atoms with E-state index in [0.29, 0.717) is 25.2 Å². The van der Waals surface area contributed by atoms with E-state index in [2.05, 4.69) is 5.32 Å². The highest BCUT2D eigenvalue weighted by Crippen LogP contribution is 2.23. The Morgan fingerprint density at radius 2 is 1.62 bits per heavy atom. The molecule has 0 unspecified atom stereocenters. The van der Waals surface area contributed by atoms with Gasteiger partial charge in [-0.1, -0.05) is 42.5 Å². The van der Waals surface area contributed by atoms with Crippen molar-refractivity contribution in [3.8, 4) is 0 Å². The fourth-order valence-corrected chi connectivity index (χ4v) is 4.49. The second-order valence-corrected chi connectivity index (χ2v) is 7.61. The molecule has 2 aromatic rings. The van der Waals surface area contributed by atoms with E-state index < -0.39 is 10.0 Å². The lowest BCUT2D eigenvalue weighted by Crippen LogP contribution is -2.35. The third-order valence-corrected chi connectivity index (χ3v) is 6.04. The van der Waals surface area contributed by atoms with E-state index in [-0.39, 0.29) is 16.2 Å². The van der Waals surface area contributed by atoms with E-state index in [9.17, 15) is 13.2 Å². The van der Waals surface area contributed by atoms with Crippen LogP contribution in [0.3, 0.4) is 0 Å². The zero-order valence-electron chi connectivity index (χ0n) is 13.3. The molecule has 1 heterocycles. The van der Waals surface area contributed by atoms with Crippen LogP contribution in [0.15, 0.2) is 59.5 Å². The van der Waals surface area contributed by atoms with Crippen molar-refractivity contribution in [1.29, 1.82) is 0 Å². The average molecular weight is 344 g/mol. The molecule has 1 saturated heterocycles. The Morgan fingerprint density at radius 1 is 0.917 bits per heavy atom. The molecule has 0 bridgehead atoms. The second kappa shape index (κ2) is 7.25. The van der Waals surface area contributed by atoms with E-state index in [1.807, 2.05) is 6.07 Å². The first-order chi connectivity index (χ1) is 11.6. The van der Waals surface area contributed by atoms with Crippen molar-refractivity contribution in [2.45, 2.75) is 11.3 Å². The number of sulfonamides is 1. The fourth-order valence-electron chi connectivity index (χ4n) is 2.82. The van der Waals surface area contributed by atoms with Gasteiger partial charge in [0.2, 0.25) is 10.0 Å². The van der Waals surface area contributed by atoms with E-state index in [0.717, 1.165) is 13.0 Å². The van der Waals surface area contributed by atoms with Gasteiger partial charge in [0.05, 0.1) is 4.90 Å². The number of benzene rings is 2. The molecule has 6 heteroatoms. The van der Waals surface area contributed by atoms with Gasteiger partial charge in [-0.2, -0.15) is 4.31 Å². The molecular formula is C18H20N2O3S. The molecule has 1 aliphatic rings. The van der Waals surface area contributed by atoms with Crippen LogP contribution < -0.4 is 5.32 Å². The lowest BCUT2D eigenvalue weighted by molar-refractivity contribution is 0.103. The molecule has 0 saturated carbocycles. The first-order valence-corrected chi connectivity index (χ1v) is 9.44. The topological polar surface area (TPSA) is 66.5 Å². The molecule has 1 fully saturated rings. The van der Waals surface area contributed by atoms with Crippen LogP contribution in [0.1, 0.15) is 22.3 Å². The van der Waals surface area contributed by atoms with Crippen molar-refractivity contribution < 1.29 is 13.2 Å². The summed E-state index contributed by atoms with van der Waals surface area (Å²) in [6.45, 7) is 2.30. The Labute approximate surface area is 142 Å². The Hall–Kier alpha value is -2.02. The maximum absolute atomic E-state index is 13.0. The maximum Gasteiger partial charge on any atom is 0.243 e. The van der Waals surface area contributed by atoms with Gasteiger partial charge in [-0.15, -0.1) is 0 Å². The summed E-state index contributed by atoms with van der Waals surface area (Å²) in [6.07, 6.45) is 0.758. The molecule has 0 amide bonds. The van der Waals surface area contributed by atoms with E-state index in [1.54, 1.807) is 42.5 Å². The molecule has 2 aromatic carbocycles. The lowest BCUT2D eigenvalue weighted by Gasteiger charge is -2.21. The summed E-state index contributed by atoms with van der Waals surface area (Å²) < 4.78 is 27.5. The monoisotopic (exact) mass is 344 g/mol. The predicted molar refractivity (Wildman–Crippen MR) is 92.6 cm³/mol. The molecule has 126 valence electrons. The van der Waals surface area contributed by atoms with Crippen LogP contribution in [0.25, 0.3) is 0 Å². The van der Waals surface area contributed by atoms with Gasteiger partial charge in [-0.3, -0.25) is 4.79 Å². The standard InChI is InChI=1S/C18H20N2O3S/c21-18(15-7-2-1-3-8-15)16-9-4-5-10-17(16)24(22,23)20-13-6-11-19-12-14-20/h1-5,7-10,19H,6,11-14H2. The molecule has 0 aromatic heterocycles. The largest absolute Gasteiger partial charge is 0.315 e. The summed E-state index contributed by atoms with van der Waals surface area (Å²) in [5.41, 5.74) is 0.707. The molecular weight excluding hydrogens is 324 g/mol. The third kappa shape index (κ3) is 3.40. The smallest absolute Gasteiger partial charge is 0.243 e. The number of nitrogens with zero attached hydrogens (tertiary/aromatic N) is 1. The van der Waals surface area contributed by atoms with Crippen LogP contribution >= 0.6 is 0 Å². The van der Waals surface area contributed by atoms with Gasteiger partial charge >= 0.3 is 0 Å². The van der Waals surface area contributed by atoms with Gasteiger partial charge in [-0.25, -0.2) is 8.42 Å². The van der Waals surface area contributed by atoms with Crippen LogP contribution in [0.5, 0.6) is 0 Å². The highest BCUT2D eigenvalue weighted by molar-refractivity contribution is 7.89. The molecule has 0 aliphatic carbocycles. The van der Waals surface area contributed by atoms with Crippen LogP contribution in [-0.4, -0.2) is 44.7 Å². The van der Waals surface area contributed by atoms with Crippen molar-refractivity contribution in [1.82, 2.24) is 9.62 Å². The molecule has 0 atom stereocenters. The first-order valence-electron chi connectivity index (χ1n) is 8.00. The summed E-state index contributed by atoms with van der Waals surface area (Å²) in [7, 11) is -3.70. The Bertz CT molecular complexity index is 811. The number of carbonyl (C=O) groups excluding carboxylic acids is 1. The van der Waals surface area contributed by atoms with Gasteiger partial charge in [0, 0.05) is 30.8 Å². The molecule has 1 N–H and O–H groups in total. The third-order valence-electron chi connectivity index (χ3n) is 4.08.